The Morgan fingerprint density at radius 3 is 2.80 bits per heavy atom. The first kappa shape index (κ1) is 15.0. The molecule has 3 aromatic rings. The van der Waals surface area contributed by atoms with Gasteiger partial charge in [0.2, 0.25) is 0 Å². The first-order valence-electron chi connectivity index (χ1n) is 9.19. The van der Waals surface area contributed by atoms with Gasteiger partial charge < -0.3 is 14.6 Å². The molecule has 0 radical (unpaired) electrons. The minimum atomic E-state index is 0.134. The van der Waals surface area contributed by atoms with Gasteiger partial charge in [-0.15, -0.1) is 0 Å². The fourth-order valence-corrected chi connectivity index (χ4v) is 3.95. The average Bonchev–Trinajstić information content (AvgIpc) is 3.18. The fourth-order valence-electron chi connectivity index (χ4n) is 3.95. The van der Waals surface area contributed by atoms with Crippen LogP contribution in [0.4, 0.5) is 0 Å². The molecule has 1 saturated heterocycles. The predicted octanol–water partition coefficient (Wildman–Crippen LogP) is 3.96. The van der Waals surface area contributed by atoms with E-state index in [0.29, 0.717) is 17.7 Å². The van der Waals surface area contributed by atoms with Crippen LogP contribution >= 0.6 is 0 Å². The number of hydrogen-bond acceptors (Lipinski definition) is 2. The molecule has 1 aliphatic heterocycles. The van der Waals surface area contributed by atoms with E-state index in [9.17, 15) is 4.79 Å². The molecular formula is C21H22N2O2. The molecule has 1 aliphatic carbocycles. The molecule has 0 bridgehead atoms. The monoisotopic (exact) mass is 334 g/mol. The standard InChI is InChI=1S/C21H22N2O2/c24-21(23(16-6-7-16)12-14-9-10-25-13-14)20-11-18-17-4-2-1-3-15(17)5-8-19(18)22-20/h1-5,8,11,14,16,22H,6-7,9-10,12-13H2. The highest BCUT2D eigenvalue weighted by Crippen LogP contribution is 2.32. The minimum absolute atomic E-state index is 0.134. The number of carbonyl (C=O) groups excluding carboxylic acids is 1. The van der Waals surface area contributed by atoms with Gasteiger partial charge in [0.1, 0.15) is 5.69 Å². The van der Waals surface area contributed by atoms with Crippen LogP contribution in [-0.4, -0.2) is 41.6 Å². The van der Waals surface area contributed by atoms with Crippen molar-refractivity contribution in [2.24, 2.45) is 5.92 Å². The lowest BCUT2D eigenvalue weighted by molar-refractivity contribution is 0.0701. The van der Waals surface area contributed by atoms with E-state index in [2.05, 4.69) is 34.1 Å². The molecule has 1 atom stereocenters. The van der Waals surface area contributed by atoms with Crippen LogP contribution in [-0.2, 0) is 4.74 Å². The molecule has 25 heavy (non-hydrogen) atoms. The van der Waals surface area contributed by atoms with Gasteiger partial charge in [-0.05, 0) is 42.2 Å². The van der Waals surface area contributed by atoms with Crippen LogP contribution in [0.3, 0.4) is 0 Å². The lowest BCUT2D eigenvalue weighted by Gasteiger charge is -2.24. The summed E-state index contributed by atoms with van der Waals surface area (Å²) >= 11 is 0. The van der Waals surface area contributed by atoms with E-state index in [4.69, 9.17) is 4.74 Å². The van der Waals surface area contributed by atoms with Crippen molar-refractivity contribution in [3.8, 4) is 0 Å². The average molecular weight is 334 g/mol. The zero-order chi connectivity index (χ0) is 16.8. The summed E-state index contributed by atoms with van der Waals surface area (Å²) in [7, 11) is 0. The zero-order valence-corrected chi connectivity index (χ0v) is 14.2. The Morgan fingerprint density at radius 1 is 1.12 bits per heavy atom. The van der Waals surface area contributed by atoms with Crippen molar-refractivity contribution >= 4 is 27.6 Å². The summed E-state index contributed by atoms with van der Waals surface area (Å²) < 4.78 is 5.49. The topological polar surface area (TPSA) is 45.3 Å². The first-order valence-corrected chi connectivity index (χ1v) is 9.19. The van der Waals surface area contributed by atoms with Crippen molar-refractivity contribution in [2.45, 2.75) is 25.3 Å². The number of carbonyl (C=O) groups is 1. The Balaban J connectivity index is 1.50. The zero-order valence-electron chi connectivity index (χ0n) is 14.2. The van der Waals surface area contributed by atoms with E-state index in [0.717, 1.165) is 49.9 Å². The minimum Gasteiger partial charge on any atom is -0.381 e. The Hall–Kier alpha value is -2.33. The van der Waals surface area contributed by atoms with Crippen LogP contribution in [0.25, 0.3) is 21.7 Å². The van der Waals surface area contributed by atoms with Gasteiger partial charge in [-0.25, -0.2) is 0 Å². The van der Waals surface area contributed by atoms with Crippen molar-refractivity contribution in [1.29, 1.82) is 0 Å². The van der Waals surface area contributed by atoms with Gasteiger partial charge in [0, 0.05) is 36.0 Å². The number of ether oxygens (including phenoxy) is 1. The summed E-state index contributed by atoms with van der Waals surface area (Å²) in [5, 5.41) is 3.52. The number of nitrogens with zero attached hydrogens (tertiary/aromatic N) is 1. The van der Waals surface area contributed by atoms with Crippen LogP contribution in [0, 0.1) is 5.92 Å². The highest BCUT2D eigenvalue weighted by Gasteiger charge is 2.35. The molecule has 2 aliphatic rings. The third-order valence-corrected chi connectivity index (χ3v) is 5.49. The molecule has 1 unspecified atom stereocenters. The van der Waals surface area contributed by atoms with Crippen LogP contribution in [0.5, 0.6) is 0 Å². The molecule has 2 fully saturated rings. The second-order valence-corrected chi connectivity index (χ2v) is 7.35. The Bertz CT molecular complexity index is 935. The van der Waals surface area contributed by atoms with Crippen LogP contribution in [0.15, 0.2) is 42.5 Å². The highest BCUT2D eigenvalue weighted by atomic mass is 16.5. The van der Waals surface area contributed by atoms with Gasteiger partial charge in [-0.1, -0.05) is 30.3 Å². The quantitative estimate of drug-likeness (QED) is 0.785. The maximum atomic E-state index is 13.2. The molecule has 2 aromatic carbocycles. The first-order chi connectivity index (χ1) is 12.3. The molecule has 1 amide bonds. The number of aromatic nitrogens is 1. The third-order valence-electron chi connectivity index (χ3n) is 5.49. The van der Waals surface area contributed by atoms with E-state index in [1.165, 1.54) is 10.8 Å². The summed E-state index contributed by atoms with van der Waals surface area (Å²) in [5.74, 6) is 0.615. The van der Waals surface area contributed by atoms with Crippen molar-refractivity contribution in [2.75, 3.05) is 19.8 Å². The molecule has 4 nitrogen and oxygen atoms in total. The number of nitrogens with one attached hydrogen (secondary N) is 1. The second-order valence-electron chi connectivity index (χ2n) is 7.35. The van der Waals surface area contributed by atoms with E-state index >= 15 is 0 Å². The molecule has 1 aromatic heterocycles. The van der Waals surface area contributed by atoms with Crippen molar-refractivity contribution < 1.29 is 9.53 Å². The molecular weight excluding hydrogens is 312 g/mol. The Morgan fingerprint density at radius 2 is 2.00 bits per heavy atom. The lowest BCUT2D eigenvalue weighted by Crippen LogP contribution is -2.37. The number of amides is 1. The predicted molar refractivity (Wildman–Crippen MR) is 98.8 cm³/mol. The van der Waals surface area contributed by atoms with Gasteiger partial charge >= 0.3 is 0 Å². The van der Waals surface area contributed by atoms with Gasteiger partial charge in [0.15, 0.2) is 0 Å². The Kier molecular flexibility index (Phi) is 3.52. The van der Waals surface area contributed by atoms with Crippen LogP contribution in [0.2, 0.25) is 0 Å². The largest absolute Gasteiger partial charge is 0.381 e. The van der Waals surface area contributed by atoms with Crippen LogP contribution < -0.4 is 0 Å². The SMILES string of the molecule is O=C(c1cc2c(ccc3ccccc32)[nH]1)N(CC1CCOC1)C1CC1. The molecule has 0 spiro atoms. The van der Waals surface area contributed by atoms with E-state index in [1.807, 2.05) is 18.2 Å². The van der Waals surface area contributed by atoms with Gasteiger partial charge in [0.25, 0.3) is 5.91 Å². The number of fused-ring (bicyclic) bond motifs is 3. The number of benzene rings is 2. The molecule has 2 heterocycles. The summed E-state index contributed by atoms with van der Waals surface area (Å²) in [6.07, 6.45) is 3.32. The molecule has 1 saturated carbocycles. The van der Waals surface area contributed by atoms with E-state index in [-0.39, 0.29) is 5.91 Å². The number of aromatic amines is 1. The maximum Gasteiger partial charge on any atom is 0.270 e. The van der Waals surface area contributed by atoms with Crippen LogP contribution in [0.1, 0.15) is 29.8 Å². The van der Waals surface area contributed by atoms with Crippen molar-refractivity contribution in [3.63, 3.8) is 0 Å². The third kappa shape index (κ3) is 2.71. The molecule has 1 N–H and O–H groups in total. The van der Waals surface area contributed by atoms with E-state index in [1.54, 1.807) is 0 Å². The smallest absolute Gasteiger partial charge is 0.270 e. The maximum absolute atomic E-state index is 13.2. The fraction of sp³-hybridized carbons (Fsp3) is 0.381. The summed E-state index contributed by atoms with van der Waals surface area (Å²) in [6, 6.07) is 14.9. The van der Waals surface area contributed by atoms with E-state index < -0.39 is 0 Å². The lowest BCUT2D eigenvalue weighted by atomic mass is 10.1. The second kappa shape index (κ2) is 5.88. The normalized spacial score (nSPS) is 20.4. The van der Waals surface area contributed by atoms with Gasteiger partial charge in [0.05, 0.1) is 6.61 Å². The number of rotatable bonds is 4. The summed E-state index contributed by atoms with van der Waals surface area (Å²) in [5.41, 5.74) is 1.74. The summed E-state index contributed by atoms with van der Waals surface area (Å²) in [4.78, 5) is 18.6. The summed E-state index contributed by atoms with van der Waals surface area (Å²) in [6.45, 7) is 2.43. The van der Waals surface area contributed by atoms with Crippen molar-refractivity contribution in [1.82, 2.24) is 9.88 Å². The Labute approximate surface area is 146 Å². The molecule has 4 heteroatoms. The number of H-pyrrole nitrogens is 1. The van der Waals surface area contributed by atoms with Gasteiger partial charge in [-0.2, -0.15) is 0 Å². The van der Waals surface area contributed by atoms with Crippen molar-refractivity contribution in [3.05, 3.63) is 48.2 Å². The van der Waals surface area contributed by atoms with Gasteiger partial charge in [-0.3, -0.25) is 4.79 Å². The molecule has 128 valence electrons. The molecule has 5 rings (SSSR count). The highest BCUT2D eigenvalue weighted by molar-refractivity contribution is 6.09. The number of hydrogen-bond donors (Lipinski definition) is 1.